The number of methoxy groups -OCH3 is 1. The van der Waals surface area contributed by atoms with E-state index in [-0.39, 0.29) is 5.91 Å². The van der Waals surface area contributed by atoms with E-state index in [1.54, 1.807) is 19.2 Å². The van der Waals surface area contributed by atoms with Gasteiger partial charge in [0.05, 0.1) is 7.11 Å². The first-order valence-electron chi connectivity index (χ1n) is 10.3. The number of rotatable bonds is 7. The summed E-state index contributed by atoms with van der Waals surface area (Å²) in [6, 6.07) is 21.7. The third kappa shape index (κ3) is 3.71. The molecule has 1 aromatic heterocycles. The van der Waals surface area contributed by atoms with Crippen molar-refractivity contribution in [3.8, 4) is 11.5 Å². The van der Waals surface area contributed by atoms with Crippen LogP contribution in [0.15, 0.2) is 66.7 Å². The van der Waals surface area contributed by atoms with Crippen LogP contribution in [0.25, 0.3) is 21.8 Å². The average molecular weight is 402 g/mol. The van der Waals surface area contributed by atoms with Crippen LogP contribution in [0.3, 0.4) is 0 Å². The molecule has 0 fully saturated rings. The van der Waals surface area contributed by atoms with Crippen molar-refractivity contribution in [3.63, 3.8) is 0 Å². The van der Waals surface area contributed by atoms with Crippen molar-refractivity contribution in [1.29, 1.82) is 0 Å². The Morgan fingerprint density at radius 3 is 2.33 bits per heavy atom. The molecule has 1 N–H and O–H groups in total. The van der Waals surface area contributed by atoms with Crippen molar-refractivity contribution >= 4 is 33.4 Å². The number of anilines is 1. The normalized spacial score (nSPS) is 12.1. The van der Waals surface area contributed by atoms with E-state index in [9.17, 15) is 4.79 Å². The van der Waals surface area contributed by atoms with Gasteiger partial charge in [0.15, 0.2) is 6.10 Å². The van der Waals surface area contributed by atoms with Crippen molar-refractivity contribution in [2.75, 3.05) is 12.4 Å². The van der Waals surface area contributed by atoms with Gasteiger partial charge in [0.2, 0.25) is 0 Å². The molecule has 5 nitrogen and oxygen atoms in total. The fraction of sp³-hybridized carbons (Fsp3) is 0.240. The highest BCUT2D eigenvalue weighted by molar-refractivity contribution is 6.10. The van der Waals surface area contributed by atoms with Crippen molar-refractivity contribution < 1.29 is 14.3 Å². The number of aromatic nitrogens is 1. The van der Waals surface area contributed by atoms with Gasteiger partial charge in [-0.25, -0.2) is 0 Å². The Hall–Kier alpha value is -3.47. The van der Waals surface area contributed by atoms with Gasteiger partial charge in [-0.2, -0.15) is 0 Å². The topological polar surface area (TPSA) is 52.5 Å². The zero-order chi connectivity index (χ0) is 21.1. The van der Waals surface area contributed by atoms with Gasteiger partial charge < -0.3 is 19.4 Å². The van der Waals surface area contributed by atoms with E-state index in [0.29, 0.717) is 12.2 Å². The van der Waals surface area contributed by atoms with E-state index in [4.69, 9.17) is 9.47 Å². The standard InChI is InChI=1S/C25H26N2O3/c1-4-24(30-19-13-11-18(29-3)12-14-19)25(28)26-17-10-15-23-21(16-17)20-8-6-7-9-22(20)27(23)5-2/h6-16,24H,4-5H2,1-3H3,(H,26,28)/t24-/m0/s1. The predicted molar refractivity (Wildman–Crippen MR) is 121 cm³/mol. The first-order valence-corrected chi connectivity index (χ1v) is 10.3. The van der Waals surface area contributed by atoms with Crippen LogP contribution in [-0.4, -0.2) is 23.7 Å². The molecule has 1 atom stereocenters. The Bertz CT molecular complexity index is 1180. The third-order valence-corrected chi connectivity index (χ3v) is 5.36. The average Bonchev–Trinajstić information content (AvgIpc) is 3.10. The SMILES string of the molecule is CC[C@H](Oc1ccc(OC)cc1)C(=O)Nc1ccc2c(c1)c1ccccc1n2CC. The minimum Gasteiger partial charge on any atom is -0.497 e. The summed E-state index contributed by atoms with van der Waals surface area (Å²) >= 11 is 0. The monoisotopic (exact) mass is 402 g/mol. The van der Waals surface area contributed by atoms with Gasteiger partial charge in [-0.1, -0.05) is 25.1 Å². The summed E-state index contributed by atoms with van der Waals surface area (Å²) < 4.78 is 13.4. The molecule has 154 valence electrons. The number of benzene rings is 3. The Morgan fingerprint density at radius 2 is 1.63 bits per heavy atom. The number of fused-ring (bicyclic) bond motifs is 3. The fourth-order valence-corrected chi connectivity index (χ4v) is 3.84. The molecule has 0 spiro atoms. The number of amides is 1. The van der Waals surface area contributed by atoms with Crippen molar-refractivity contribution in [2.24, 2.45) is 0 Å². The molecule has 30 heavy (non-hydrogen) atoms. The van der Waals surface area contributed by atoms with Crippen molar-refractivity contribution in [2.45, 2.75) is 32.9 Å². The van der Waals surface area contributed by atoms with Crippen LogP contribution >= 0.6 is 0 Å². The Balaban J connectivity index is 1.57. The quantitative estimate of drug-likeness (QED) is 0.437. The van der Waals surface area contributed by atoms with Crippen LogP contribution in [0.5, 0.6) is 11.5 Å². The zero-order valence-corrected chi connectivity index (χ0v) is 17.5. The summed E-state index contributed by atoms with van der Waals surface area (Å²) in [6.07, 6.45) is -0.0130. The van der Waals surface area contributed by atoms with Gasteiger partial charge in [0, 0.05) is 34.0 Å². The van der Waals surface area contributed by atoms with Crippen LogP contribution in [0, 0.1) is 0 Å². The fourth-order valence-electron chi connectivity index (χ4n) is 3.84. The highest BCUT2D eigenvalue weighted by Crippen LogP contribution is 2.31. The molecule has 4 aromatic rings. The van der Waals surface area contributed by atoms with Gasteiger partial charge in [0.25, 0.3) is 5.91 Å². The summed E-state index contributed by atoms with van der Waals surface area (Å²) in [5.41, 5.74) is 3.13. The highest BCUT2D eigenvalue weighted by Gasteiger charge is 2.19. The largest absolute Gasteiger partial charge is 0.497 e. The maximum Gasteiger partial charge on any atom is 0.265 e. The minimum atomic E-state index is -0.578. The maximum absolute atomic E-state index is 12.9. The molecule has 0 saturated heterocycles. The summed E-state index contributed by atoms with van der Waals surface area (Å²) in [4.78, 5) is 12.9. The van der Waals surface area contributed by atoms with E-state index < -0.39 is 6.10 Å². The molecule has 4 rings (SSSR count). The molecule has 0 saturated carbocycles. The Labute approximate surface area is 176 Å². The lowest BCUT2D eigenvalue weighted by atomic mass is 10.1. The first-order chi connectivity index (χ1) is 14.6. The molecule has 0 aliphatic carbocycles. The maximum atomic E-state index is 12.9. The number of carbonyl (C=O) groups is 1. The van der Waals surface area contributed by atoms with Gasteiger partial charge >= 0.3 is 0 Å². The minimum absolute atomic E-state index is 0.160. The van der Waals surface area contributed by atoms with Crippen LogP contribution in [-0.2, 0) is 11.3 Å². The molecule has 0 unspecified atom stereocenters. The summed E-state index contributed by atoms with van der Waals surface area (Å²) in [5.74, 6) is 1.23. The van der Waals surface area contributed by atoms with Crippen molar-refractivity contribution in [1.82, 2.24) is 4.57 Å². The number of hydrogen-bond acceptors (Lipinski definition) is 3. The third-order valence-electron chi connectivity index (χ3n) is 5.36. The van der Waals surface area contributed by atoms with Crippen LogP contribution in [0.4, 0.5) is 5.69 Å². The van der Waals surface area contributed by atoms with Gasteiger partial charge in [-0.05, 0) is 61.9 Å². The lowest BCUT2D eigenvalue weighted by Gasteiger charge is -2.17. The van der Waals surface area contributed by atoms with Gasteiger partial charge in [0.1, 0.15) is 11.5 Å². The molecule has 5 heteroatoms. The van der Waals surface area contributed by atoms with E-state index in [1.807, 2.05) is 37.3 Å². The summed E-state index contributed by atoms with van der Waals surface area (Å²) in [6.45, 7) is 4.97. The number of carbonyl (C=O) groups excluding carboxylic acids is 1. The number of nitrogens with zero attached hydrogens (tertiary/aromatic N) is 1. The van der Waals surface area contributed by atoms with Crippen molar-refractivity contribution in [3.05, 3.63) is 66.7 Å². The second-order valence-electron chi connectivity index (χ2n) is 7.17. The molecular formula is C25H26N2O3. The van der Waals surface area contributed by atoms with Crippen LogP contribution < -0.4 is 14.8 Å². The van der Waals surface area contributed by atoms with E-state index in [1.165, 1.54) is 16.4 Å². The first kappa shape index (κ1) is 19.8. The van der Waals surface area contributed by atoms with Crippen LogP contribution in [0.2, 0.25) is 0 Å². The summed E-state index contributed by atoms with van der Waals surface area (Å²) in [5, 5.41) is 5.34. The smallest absolute Gasteiger partial charge is 0.265 e. The lowest BCUT2D eigenvalue weighted by Crippen LogP contribution is -2.32. The number of aryl methyl sites for hydroxylation is 1. The predicted octanol–water partition coefficient (Wildman–Crippen LogP) is 5.62. The molecule has 0 aliphatic heterocycles. The van der Waals surface area contributed by atoms with E-state index in [2.05, 4.69) is 41.1 Å². The molecule has 1 heterocycles. The molecule has 0 aliphatic rings. The van der Waals surface area contributed by atoms with Crippen LogP contribution in [0.1, 0.15) is 20.3 Å². The lowest BCUT2D eigenvalue weighted by molar-refractivity contribution is -0.122. The zero-order valence-electron chi connectivity index (χ0n) is 17.5. The molecule has 0 radical (unpaired) electrons. The van der Waals surface area contributed by atoms with Gasteiger partial charge in [-0.3, -0.25) is 4.79 Å². The summed E-state index contributed by atoms with van der Waals surface area (Å²) in [7, 11) is 1.62. The van der Waals surface area contributed by atoms with E-state index >= 15 is 0 Å². The molecule has 3 aromatic carbocycles. The van der Waals surface area contributed by atoms with E-state index in [0.717, 1.165) is 23.4 Å². The highest BCUT2D eigenvalue weighted by atomic mass is 16.5. The second-order valence-corrected chi connectivity index (χ2v) is 7.17. The second kappa shape index (κ2) is 8.49. The Morgan fingerprint density at radius 1 is 0.933 bits per heavy atom. The number of hydrogen-bond donors (Lipinski definition) is 1. The molecule has 1 amide bonds. The number of ether oxygens (including phenoxy) is 2. The Kier molecular flexibility index (Phi) is 5.61. The molecule has 0 bridgehead atoms. The molecular weight excluding hydrogens is 376 g/mol. The van der Waals surface area contributed by atoms with Gasteiger partial charge in [-0.15, -0.1) is 0 Å². The number of para-hydroxylation sites is 1. The number of nitrogens with one attached hydrogen (secondary N) is 1.